The van der Waals surface area contributed by atoms with Crippen LogP contribution in [-0.4, -0.2) is 23.1 Å². The van der Waals surface area contributed by atoms with E-state index >= 15 is 0 Å². The molecule has 0 bridgehead atoms. The van der Waals surface area contributed by atoms with E-state index in [1.54, 1.807) is 0 Å². The summed E-state index contributed by atoms with van der Waals surface area (Å²) in [4.78, 5) is 0. The summed E-state index contributed by atoms with van der Waals surface area (Å²) >= 11 is 0. The first-order valence-electron chi connectivity index (χ1n) is 2.86. The van der Waals surface area contributed by atoms with Crippen molar-refractivity contribution in [3.8, 4) is 0 Å². The summed E-state index contributed by atoms with van der Waals surface area (Å²) in [6.45, 7) is 9.72. The molecule has 0 saturated heterocycles. The Morgan fingerprint density at radius 2 is 1.50 bits per heavy atom. The monoisotopic (exact) mass is 124 g/mol. The van der Waals surface area contributed by atoms with Gasteiger partial charge in [0, 0.05) is 0 Å². The van der Waals surface area contributed by atoms with E-state index in [0.717, 1.165) is 6.42 Å². The van der Waals surface area contributed by atoms with Crippen molar-refractivity contribution in [3.63, 3.8) is 0 Å². The number of hydrogen-bond donors (Lipinski definition) is 0. The molecule has 0 radical (unpaired) electrons. The van der Waals surface area contributed by atoms with Gasteiger partial charge in [-0.1, -0.05) is 13.3 Å². The minimum Gasteiger partial charge on any atom is -0.343 e. The maximum Gasteiger partial charge on any atom is 2.00 e. The Hall–Kier alpha value is 0.766. The van der Waals surface area contributed by atoms with Crippen LogP contribution in [0.5, 0.6) is 0 Å². The molecule has 0 saturated carbocycles. The van der Waals surface area contributed by atoms with E-state index in [-0.39, 0.29) is 23.1 Å². The Balaban J connectivity index is -0.0000000575. The van der Waals surface area contributed by atoms with Gasteiger partial charge >= 0.3 is 23.1 Å². The Morgan fingerprint density at radius 1 is 1.38 bits per heavy atom. The molecule has 0 rings (SSSR count). The zero-order valence-corrected chi connectivity index (χ0v) is 7.82. The molecule has 0 spiro atoms. The third kappa shape index (κ3) is 72.1. The van der Waals surface area contributed by atoms with Gasteiger partial charge in [0.05, 0.1) is 0 Å². The minimum atomic E-state index is 0. The second kappa shape index (κ2) is 25.1. The molecule has 1 heteroatoms. The van der Waals surface area contributed by atoms with Crippen LogP contribution in [-0.2, 0) is 0 Å². The summed E-state index contributed by atoms with van der Waals surface area (Å²) in [5.74, 6) is 0. The predicted molar refractivity (Wildman–Crippen MR) is 41.7 cm³/mol. The largest absolute Gasteiger partial charge is 2.00 e. The smallest absolute Gasteiger partial charge is 0.343 e. The van der Waals surface area contributed by atoms with Gasteiger partial charge in [-0.3, -0.25) is 0 Å². The van der Waals surface area contributed by atoms with Gasteiger partial charge in [-0.25, -0.2) is 0 Å². The van der Waals surface area contributed by atoms with Crippen LogP contribution in [0.4, 0.5) is 0 Å². The van der Waals surface area contributed by atoms with Crippen LogP contribution < -0.4 is 0 Å². The maximum atomic E-state index is 3.60. The topological polar surface area (TPSA) is 0 Å². The van der Waals surface area contributed by atoms with Crippen molar-refractivity contribution in [3.05, 3.63) is 13.3 Å². The number of rotatable bonds is 1. The summed E-state index contributed by atoms with van der Waals surface area (Å²) in [5.41, 5.74) is 0. The fourth-order valence-electron chi connectivity index (χ4n) is 0. The molecule has 0 aromatic heterocycles. The second-order valence-corrected chi connectivity index (χ2v) is 1.43. The van der Waals surface area contributed by atoms with E-state index in [4.69, 9.17) is 0 Å². The van der Waals surface area contributed by atoms with Crippen LogP contribution in [0.15, 0.2) is 0 Å². The molecule has 0 aromatic rings. The van der Waals surface area contributed by atoms with Gasteiger partial charge in [0.1, 0.15) is 0 Å². The zero-order chi connectivity index (χ0) is 6.12. The van der Waals surface area contributed by atoms with Crippen LogP contribution in [0.25, 0.3) is 0 Å². The van der Waals surface area contributed by atoms with Gasteiger partial charge < -0.3 is 13.3 Å². The van der Waals surface area contributed by atoms with Crippen molar-refractivity contribution in [2.75, 3.05) is 0 Å². The number of hydrogen-bond acceptors (Lipinski definition) is 0. The van der Waals surface area contributed by atoms with Crippen molar-refractivity contribution in [2.45, 2.75) is 33.6 Å². The molecular formula is C7H16Mg. The van der Waals surface area contributed by atoms with Gasteiger partial charge in [0.2, 0.25) is 0 Å². The molecule has 0 aliphatic rings. The van der Waals surface area contributed by atoms with E-state index in [2.05, 4.69) is 13.8 Å². The van der Waals surface area contributed by atoms with Gasteiger partial charge in [-0.15, -0.1) is 0 Å². The average Bonchev–Trinajstić information content (AvgIpc) is 1.69. The zero-order valence-electron chi connectivity index (χ0n) is 6.41. The predicted octanol–water partition coefficient (Wildman–Crippen LogP) is 2.47. The minimum absolute atomic E-state index is 0. The first-order valence-corrected chi connectivity index (χ1v) is 2.86. The number of unbranched alkanes of at least 4 members (excludes halogenated alkanes) is 1. The first-order chi connectivity index (χ1) is 3.33. The molecule has 0 aliphatic heterocycles. The fraction of sp³-hybridized carbons (Fsp3) is 0.714. The van der Waals surface area contributed by atoms with Gasteiger partial charge in [0.25, 0.3) is 0 Å². The van der Waals surface area contributed by atoms with Crippen molar-refractivity contribution in [1.82, 2.24) is 0 Å². The normalized spacial score (nSPS) is 6.00. The molecule has 0 nitrogen and oxygen atoms in total. The van der Waals surface area contributed by atoms with E-state index < -0.39 is 0 Å². The van der Waals surface area contributed by atoms with Crippen molar-refractivity contribution in [1.29, 1.82) is 0 Å². The van der Waals surface area contributed by atoms with Crippen LogP contribution >= 0.6 is 0 Å². The molecule has 0 unspecified atom stereocenters. The van der Waals surface area contributed by atoms with E-state index in [1.807, 2.05) is 20.3 Å². The van der Waals surface area contributed by atoms with Crippen molar-refractivity contribution in [2.24, 2.45) is 0 Å². The van der Waals surface area contributed by atoms with Gasteiger partial charge in [-0.05, 0) is 0 Å². The van der Waals surface area contributed by atoms with Crippen molar-refractivity contribution >= 4 is 23.1 Å². The second-order valence-electron chi connectivity index (χ2n) is 1.43. The van der Waals surface area contributed by atoms with Crippen LogP contribution in [0.2, 0.25) is 0 Å². The summed E-state index contributed by atoms with van der Waals surface area (Å²) in [6, 6.07) is 0. The third-order valence-electron chi connectivity index (χ3n) is 0.354. The average molecular weight is 125 g/mol. The van der Waals surface area contributed by atoms with Crippen molar-refractivity contribution < 1.29 is 0 Å². The summed E-state index contributed by atoms with van der Waals surface area (Å²) in [7, 11) is 0. The summed E-state index contributed by atoms with van der Waals surface area (Å²) in [5, 5.41) is 0. The Bertz CT molecular complexity index is 11.9. The molecule has 0 aliphatic carbocycles. The summed E-state index contributed by atoms with van der Waals surface area (Å²) in [6.07, 6.45) is 4.28. The Labute approximate surface area is 70.2 Å². The third-order valence-corrected chi connectivity index (χ3v) is 0.354. The van der Waals surface area contributed by atoms with Crippen LogP contribution in [0.1, 0.15) is 33.6 Å². The van der Waals surface area contributed by atoms with E-state index in [1.165, 1.54) is 6.42 Å². The molecule has 0 N–H and O–H groups in total. The summed E-state index contributed by atoms with van der Waals surface area (Å²) < 4.78 is 0. The molecule has 46 valence electrons. The van der Waals surface area contributed by atoms with Gasteiger partial charge in [0.15, 0.2) is 0 Å². The molecule has 0 amide bonds. The molecule has 0 aromatic carbocycles. The Kier molecular flexibility index (Phi) is 49.8. The SMILES string of the molecule is C[CH-]C.[CH2-]CCC.[Mg+2]. The Morgan fingerprint density at radius 3 is 1.50 bits per heavy atom. The molecule has 8 heavy (non-hydrogen) atoms. The van der Waals surface area contributed by atoms with E-state index in [0.29, 0.717) is 0 Å². The molecule has 0 heterocycles. The maximum absolute atomic E-state index is 3.60. The van der Waals surface area contributed by atoms with Crippen LogP contribution in [0, 0.1) is 13.3 Å². The van der Waals surface area contributed by atoms with Crippen LogP contribution in [0.3, 0.4) is 0 Å². The molecule has 0 atom stereocenters. The van der Waals surface area contributed by atoms with E-state index in [9.17, 15) is 0 Å². The molecular weight excluding hydrogens is 108 g/mol. The molecule has 0 fully saturated rings. The van der Waals surface area contributed by atoms with Gasteiger partial charge in [-0.2, -0.15) is 20.3 Å². The first kappa shape index (κ1) is 15.9. The quantitative estimate of drug-likeness (QED) is 0.372. The fourth-order valence-corrected chi connectivity index (χ4v) is 0. The standard InChI is InChI=1S/C4H9.C3H7.Mg/c1-3-4-2;1-3-2;/h1,3-4H2,2H3;3H,1-2H3;/q2*-1;+2.